The largest absolute Gasteiger partial charge is 0.493 e. The molecule has 0 amide bonds. The van der Waals surface area contributed by atoms with Crippen molar-refractivity contribution in [1.29, 1.82) is 0 Å². The Morgan fingerprint density at radius 3 is 2.61 bits per heavy atom. The van der Waals surface area contributed by atoms with E-state index in [1.54, 1.807) is 0 Å². The van der Waals surface area contributed by atoms with E-state index in [9.17, 15) is 4.79 Å². The number of carbonyl (C=O) groups is 1. The van der Waals surface area contributed by atoms with Crippen LogP contribution in [-0.2, 0) is 4.74 Å². The maximum Gasteiger partial charge on any atom is 0.338 e. The van der Waals surface area contributed by atoms with Crippen LogP contribution in [0.3, 0.4) is 0 Å². The molecule has 1 unspecified atom stereocenters. The number of ether oxygens (including phenoxy) is 3. The van der Waals surface area contributed by atoms with E-state index in [0.717, 1.165) is 0 Å². The Labute approximate surface area is 111 Å². The standard InChI is InChI=1S/C12H16ClNO4/c1-7(6-14)18-11-9(13)4-8(12(15)17-3)5-10(11)16-2/h4-5,7H,6,14H2,1-3H3. The summed E-state index contributed by atoms with van der Waals surface area (Å²) in [7, 11) is 2.76. The van der Waals surface area contributed by atoms with Gasteiger partial charge in [0.15, 0.2) is 11.5 Å². The molecule has 1 aromatic rings. The van der Waals surface area contributed by atoms with Crippen LogP contribution in [0, 0.1) is 0 Å². The average Bonchev–Trinajstić information content (AvgIpc) is 2.39. The lowest BCUT2D eigenvalue weighted by molar-refractivity contribution is 0.0600. The van der Waals surface area contributed by atoms with Gasteiger partial charge in [-0.2, -0.15) is 0 Å². The number of hydrogen-bond donors (Lipinski definition) is 1. The van der Waals surface area contributed by atoms with Crippen molar-refractivity contribution in [3.8, 4) is 11.5 Å². The average molecular weight is 274 g/mol. The molecule has 0 heterocycles. The minimum atomic E-state index is -0.492. The summed E-state index contributed by atoms with van der Waals surface area (Å²) in [6.45, 7) is 2.15. The van der Waals surface area contributed by atoms with E-state index in [1.807, 2.05) is 6.92 Å². The van der Waals surface area contributed by atoms with Crippen molar-refractivity contribution >= 4 is 17.6 Å². The van der Waals surface area contributed by atoms with Crippen molar-refractivity contribution < 1.29 is 19.0 Å². The Bertz CT molecular complexity index is 436. The monoisotopic (exact) mass is 273 g/mol. The molecule has 0 radical (unpaired) electrons. The molecule has 100 valence electrons. The van der Waals surface area contributed by atoms with E-state index in [1.165, 1.54) is 26.4 Å². The van der Waals surface area contributed by atoms with Gasteiger partial charge < -0.3 is 19.9 Å². The van der Waals surface area contributed by atoms with E-state index in [0.29, 0.717) is 23.6 Å². The van der Waals surface area contributed by atoms with Crippen LogP contribution in [0.5, 0.6) is 11.5 Å². The quantitative estimate of drug-likeness (QED) is 0.829. The maximum absolute atomic E-state index is 11.4. The van der Waals surface area contributed by atoms with Gasteiger partial charge in [-0.15, -0.1) is 0 Å². The Hall–Kier alpha value is -1.46. The Balaban J connectivity index is 3.15. The number of esters is 1. The zero-order valence-corrected chi connectivity index (χ0v) is 11.3. The molecule has 0 fully saturated rings. The Morgan fingerprint density at radius 2 is 2.11 bits per heavy atom. The molecule has 1 rings (SSSR count). The van der Waals surface area contributed by atoms with Crippen LogP contribution >= 0.6 is 11.6 Å². The number of carbonyl (C=O) groups excluding carboxylic acids is 1. The summed E-state index contributed by atoms with van der Waals surface area (Å²) in [6.07, 6.45) is -0.208. The fourth-order valence-electron chi connectivity index (χ4n) is 1.32. The lowest BCUT2D eigenvalue weighted by atomic mass is 10.2. The molecule has 0 saturated carbocycles. The van der Waals surface area contributed by atoms with Crippen LogP contribution in [0.2, 0.25) is 5.02 Å². The van der Waals surface area contributed by atoms with Crippen LogP contribution in [0.4, 0.5) is 0 Å². The normalized spacial score (nSPS) is 11.8. The van der Waals surface area contributed by atoms with Crippen LogP contribution in [-0.4, -0.2) is 32.8 Å². The van der Waals surface area contributed by atoms with Crippen LogP contribution in [0.1, 0.15) is 17.3 Å². The third kappa shape index (κ3) is 3.27. The van der Waals surface area contributed by atoms with Crippen LogP contribution in [0.15, 0.2) is 12.1 Å². The summed E-state index contributed by atoms with van der Waals surface area (Å²) in [4.78, 5) is 11.4. The fourth-order valence-corrected chi connectivity index (χ4v) is 1.57. The highest BCUT2D eigenvalue weighted by Crippen LogP contribution is 2.37. The molecule has 0 bridgehead atoms. The summed E-state index contributed by atoms with van der Waals surface area (Å²) in [5, 5.41) is 0.273. The molecule has 0 saturated heterocycles. The molecule has 1 atom stereocenters. The van der Waals surface area contributed by atoms with Crippen LogP contribution in [0.25, 0.3) is 0 Å². The summed E-state index contributed by atoms with van der Waals surface area (Å²) in [5.41, 5.74) is 5.78. The van der Waals surface area contributed by atoms with Gasteiger partial charge >= 0.3 is 5.97 Å². The van der Waals surface area contributed by atoms with E-state index in [-0.39, 0.29) is 11.1 Å². The van der Waals surface area contributed by atoms with Gasteiger partial charge in [0.05, 0.1) is 24.8 Å². The van der Waals surface area contributed by atoms with Gasteiger partial charge in [-0.1, -0.05) is 11.6 Å². The SMILES string of the molecule is COC(=O)c1cc(Cl)c(OC(C)CN)c(OC)c1. The number of hydrogen-bond acceptors (Lipinski definition) is 5. The van der Waals surface area contributed by atoms with Crippen molar-refractivity contribution in [3.63, 3.8) is 0 Å². The lowest BCUT2D eigenvalue weighted by Crippen LogP contribution is -2.23. The van der Waals surface area contributed by atoms with Crippen molar-refractivity contribution in [2.75, 3.05) is 20.8 Å². The van der Waals surface area contributed by atoms with Gasteiger partial charge in [-0.05, 0) is 19.1 Å². The molecule has 1 aromatic carbocycles. The second kappa shape index (κ2) is 6.47. The third-order valence-electron chi connectivity index (χ3n) is 2.30. The van der Waals surface area contributed by atoms with E-state index >= 15 is 0 Å². The van der Waals surface area contributed by atoms with Crippen molar-refractivity contribution in [2.45, 2.75) is 13.0 Å². The third-order valence-corrected chi connectivity index (χ3v) is 2.58. The van der Waals surface area contributed by atoms with Crippen molar-refractivity contribution in [2.24, 2.45) is 5.73 Å². The first-order valence-electron chi connectivity index (χ1n) is 5.36. The van der Waals surface area contributed by atoms with E-state index < -0.39 is 5.97 Å². The molecule has 18 heavy (non-hydrogen) atoms. The summed E-state index contributed by atoms with van der Waals surface area (Å²) in [5.74, 6) is 0.238. The molecule has 2 N–H and O–H groups in total. The molecule has 6 heteroatoms. The van der Waals surface area contributed by atoms with Crippen LogP contribution < -0.4 is 15.2 Å². The number of rotatable bonds is 5. The van der Waals surface area contributed by atoms with Crippen molar-refractivity contribution in [3.05, 3.63) is 22.7 Å². The minimum absolute atomic E-state index is 0.208. The first kappa shape index (κ1) is 14.6. The van der Waals surface area contributed by atoms with Crippen molar-refractivity contribution in [1.82, 2.24) is 0 Å². The molecule has 0 aliphatic rings. The van der Waals surface area contributed by atoms with Gasteiger partial charge in [0.2, 0.25) is 0 Å². The minimum Gasteiger partial charge on any atom is -0.493 e. The smallest absolute Gasteiger partial charge is 0.338 e. The number of methoxy groups -OCH3 is 2. The van der Waals surface area contributed by atoms with Gasteiger partial charge in [0.1, 0.15) is 6.10 Å². The van der Waals surface area contributed by atoms with Gasteiger partial charge in [-0.25, -0.2) is 4.79 Å². The highest BCUT2D eigenvalue weighted by atomic mass is 35.5. The predicted molar refractivity (Wildman–Crippen MR) is 68.5 cm³/mol. The Kier molecular flexibility index (Phi) is 5.25. The summed E-state index contributed by atoms with van der Waals surface area (Å²) >= 11 is 6.06. The molecule has 0 aromatic heterocycles. The molecule has 0 aliphatic carbocycles. The molecule has 0 spiro atoms. The molecular formula is C12H16ClNO4. The molecule has 0 aliphatic heterocycles. The van der Waals surface area contributed by atoms with Gasteiger partial charge in [0, 0.05) is 6.54 Å². The summed E-state index contributed by atoms with van der Waals surface area (Å²) < 4.78 is 15.3. The first-order chi connectivity index (χ1) is 8.53. The second-order valence-electron chi connectivity index (χ2n) is 3.65. The molecular weight excluding hydrogens is 258 g/mol. The summed E-state index contributed by atoms with van der Waals surface area (Å²) in [6, 6.07) is 2.98. The second-order valence-corrected chi connectivity index (χ2v) is 4.05. The number of halogens is 1. The zero-order valence-electron chi connectivity index (χ0n) is 10.5. The maximum atomic E-state index is 11.4. The zero-order chi connectivity index (χ0) is 13.7. The fraction of sp³-hybridized carbons (Fsp3) is 0.417. The topological polar surface area (TPSA) is 70.8 Å². The van der Waals surface area contributed by atoms with Gasteiger partial charge in [0.25, 0.3) is 0 Å². The van der Waals surface area contributed by atoms with E-state index in [2.05, 4.69) is 4.74 Å². The first-order valence-corrected chi connectivity index (χ1v) is 5.73. The number of benzene rings is 1. The highest BCUT2D eigenvalue weighted by molar-refractivity contribution is 6.32. The predicted octanol–water partition coefficient (Wildman–Crippen LogP) is 1.86. The number of nitrogens with two attached hydrogens (primary N) is 1. The van der Waals surface area contributed by atoms with Gasteiger partial charge in [-0.3, -0.25) is 0 Å². The van der Waals surface area contributed by atoms with E-state index in [4.69, 9.17) is 26.8 Å². The molecule has 5 nitrogen and oxygen atoms in total. The Morgan fingerprint density at radius 1 is 1.44 bits per heavy atom. The highest BCUT2D eigenvalue weighted by Gasteiger charge is 2.17. The lowest BCUT2D eigenvalue weighted by Gasteiger charge is -2.17.